The van der Waals surface area contributed by atoms with Crippen LogP contribution in [-0.2, 0) is 14.8 Å². The monoisotopic (exact) mass is 433 g/mol. The summed E-state index contributed by atoms with van der Waals surface area (Å²) in [4.78, 5) is 3.85. The summed E-state index contributed by atoms with van der Waals surface area (Å²) in [5.41, 5.74) is 0.569. The van der Waals surface area contributed by atoms with Gasteiger partial charge in [-0.3, -0.25) is 4.90 Å². The maximum absolute atomic E-state index is 12.0. The molecular formula is C21H27N3O3S2. The summed E-state index contributed by atoms with van der Waals surface area (Å²) in [6.45, 7) is 2.79. The van der Waals surface area contributed by atoms with Crippen molar-refractivity contribution in [3.05, 3.63) is 54.6 Å². The van der Waals surface area contributed by atoms with E-state index in [4.69, 9.17) is 9.88 Å². The van der Waals surface area contributed by atoms with E-state index in [0.717, 1.165) is 38.3 Å². The predicted octanol–water partition coefficient (Wildman–Crippen LogP) is 2.77. The van der Waals surface area contributed by atoms with Crippen molar-refractivity contribution in [2.45, 2.75) is 40.8 Å². The molecule has 29 heavy (non-hydrogen) atoms. The van der Waals surface area contributed by atoms with Gasteiger partial charge >= 0.3 is 0 Å². The average molecular weight is 434 g/mol. The summed E-state index contributed by atoms with van der Waals surface area (Å²) in [5, 5.41) is 8.87. The second-order valence-electron chi connectivity index (χ2n) is 7.63. The van der Waals surface area contributed by atoms with Crippen LogP contribution in [-0.4, -0.2) is 57.0 Å². The van der Waals surface area contributed by atoms with Crippen LogP contribution in [0.25, 0.3) is 0 Å². The SMILES string of the molecule is NS(=O)(=O)c1ccccc1N[C@H](CCN1C[C@H]2C[C@@H]1CO2)CSc1ccccc1. The lowest BCUT2D eigenvalue weighted by atomic mass is 10.2. The number of rotatable bonds is 9. The van der Waals surface area contributed by atoms with E-state index in [0.29, 0.717) is 17.8 Å². The molecule has 2 aliphatic heterocycles. The highest BCUT2D eigenvalue weighted by molar-refractivity contribution is 7.99. The Balaban J connectivity index is 1.45. The van der Waals surface area contributed by atoms with Gasteiger partial charge in [-0.1, -0.05) is 30.3 Å². The predicted molar refractivity (Wildman–Crippen MR) is 117 cm³/mol. The number of para-hydroxylation sites is 1. The molecule has 0 aromatic heterocycles. The smallest absolute Gasteiger partial charge is 0.240 e. The van der Waals surface area contributed by atoms with Gasteiger partial charge in [0.2, 0.25) is 10.0 Å². The molecule has 8 heteroatoms. The number of ether oxygens (including phenoxy) is 1. The molecular weight excluding hydrogens is 406 g/mol. The van der Waals surface area contributed by atoms with Crippen LogP contribution in [0.3, 0.4) is 0 Å². The van der Waals surface area contributed by atoms with Crippen molar-refractivity contribution in [2.24, 2.45) is 5.14 Å². The van der Waals surface area contributed by atoms with E-state index in [1.54, 1.807) is 30.0 Å². The Morgan fingerprint density at radius 2 is 1.93 bits per heavy atom. The molecule has 0 saturated carbocycles. The fraction of sp³-hybridized carbons (Fsp3) is 0.429. The molecule has 2 saturated heterocycles. The number of primary sulfonamides is 1. The molecule has 0 unspecified atom stereocenters. The maximum Gasteiger partial charge on any atom is 0.240 e. The Hall–Kier alpha value is -1.58. The molecule has 2 fully saturated rings. The summed E-state index contributed by atoms with van der Waals surface area (Å²) >= 11 is 1.77. The normalized spacial score (nSPS) is 22.7. The second kappa shape index (κ2) is 9.06. The van der Waals surface area contributed by atoms with Crippen molar-refractivity contribution in [1.29, 1.82) is 0 Å². The van der Waals surface area contributed by atoms with Crippen molar-refractivity contribution in [2.75, 3.05) is 30.8 Å². The molecule has 2 bridgehead atoms. The molecule has 2 aromatic rings. The van der Waals surface area contributed by atoms with Crippen LogP contribution in [0.1, 0.15) is 12.8 Å². The van der Waals surface area contributed by atoms with Crippen molar-refractivity contribution in [1.82, 2.24) is 4.90 Å². The van der Waals surface area contributed by atoms with Crippen LogP contribution in [0.15, 0.2) is 64.4 Å². The molecule has 3 N–H and O–H groups in total. The molecule has 6 nitrogen and oxygen atoms in total. The van der Waals surface area contributed by atoms with E-state index in [2.05, 4.69) is 22.3 Å². The van der Waals surface area contributed by atoms with Gasteiger partial charge in [0.05, 0.1) is 18.4 Å². The van der Waals surface area contributed by atoms with Crippen molar-refractivity contribution < 1.29 is 13.2 Å². The van der Waals surface area contributed by atoms with Crippen LogP contribution in [0.5, 0.6) is 0 Å². The molecule has 3 atom stereocenters. The quantitative estimate of drug-likeness (QED) is 0.592. The Bertz CT molecular complexity index is 924. The Kier molecular flexibility index (Phi) is 6.46. The summed E-state index contributed by atoms with van der Waals surface area (Å²) in [6, 6.07) is 17.8. The number of sulfonamides is 1. The maximum atomic E-state index is 12.0. The molecule has 0 aliphatic carbocycles. The first-order valence-electron chi connectivity index (χ1n) is 9.91. The third kappa shape index (κ3) is 5.32. The van der Waals surface area contributed by atoms with Gasteiger partial charge in [0.1, 0.15) is 4.90 Å². The Morgan fingerprint density at radius 3 is 2.62 bits per heavy atom. The summed E-state index contributed by atoms with van der Waals surface area (Å²) in [5.74, 6) is 0.835. The van der Waals surface area contributed by atoms with Gasteiger partial charge in [0.25, 0.3) is 0 Å². The number of thioether (sulfide) groups is 1. The van der Waals surface area contributed by atoms with Gasteiger partial charge in [0, 0.05) is 35.8 Å². The van der Waals surface area contributed by atoms with E-state index < -0.39 is 10.0 Å². The van der Waals surface area contributed by atoms with Crippen molar-refractivity contribution >= 4 is 27.5 Å². The number of fused-ring (bicyclic) bond motifs is 2. The zero-order valence-corrected chi connectivity index (χ0v) is 17.9. The lowest BCUT2D eigenvalue weighted by molar-refractivity contribution is 0.0299. The summed E-state index contributed by atoms with van der Waals surface area (Å²) < 4.78 is 29.7. The van der Waals surface area contributed by atoms with Gasteiger partial charge < -0.3 is 10.1 Å². The first-order valence-corrected chi connectivity index (χ1v) is 12.4. The third-order valence-electron chi connectivity index (χ3n) is 5.53. The lowest BCUT2D eigenvalue weighted by Gasteiger charge is -2.29. The average Bonchev–Trinajstić information content (AvgIpc) is 3.34. The van der Waals surface area contributed by atoms with E-state index in [1.807, 2.05) is 24.3 Å². The van der Waals surface area contributed by atoms with Gasteiger partial charge in [-0.2, -0.15) is 0 Å². The first kappa shape index (κ1) is 20.7. The fourth-order valence-corrected chi connectivity index (χ4v) is 5.73. The number of nitrogens with zero attached hydrogens (tertiary/aromatic N) is 1. The molecule has 156 valence electrons. The minimum atomic E-state index is -3.78. The molecule has 2 aliphatic rings. The number of hydrogen-bond donors (Lipinski definition) is 2. The molecule has 4 rings (SSSR count). The topological polar surface area (TPSA) is 84.7 Å². The highest BCUT2D eigenvalue weighted by atomic mass is 32.2. The van der Waals surface area contributed by atoms with Crippen LogP contribution < -0.4 is 10.5 Å². The highest BCUT2D eigenvalue weighted by Gasteiger charge is 2.38. The minimum absolute atomic E-state index is 0.114. The molecule has 0 amide bonds. The summed E-state index contributed by atoms with van der Waals surface area (Å²) in [7, 11) is -3.78. The van der Waals surface area contributed by atoms with Crippen molar-refractivity contribution in [3.8, 4) is 0 Å². The number of benzene rings is 2. The van der Waals surface area contributed by atoms with E-state index in [9.17, 15) is 8.42 Å². The Morgan fingerprint density at radius 1 is 1.17 bits per heavy atom. The van der Waals surface area contributed by atoms with Crippen LogP contribution in [0, 0.1) is 0 Å². The second-order valence-corrected chi connectivity index (χ2v) is 10.3. The van der Waals surface area contributed by atoms with Gasteiger partial charge in [-0.25, -0.2) is 13.6 Å². The molecule has 0 spiro atoms. The third-order valence-corrected chi connectivity index (χ3v) is 7.67. The van der Waals surface area contributed by atoms with Gasteiger partial charge in [-0.15, -0.1) is 11.8 Å². The first-order chi connectivity index (χ1) is 14.0. The zero-order chi connectivity index (χ0) is 20.3. The van der Waals surface area contributed by atoms with E-state index >= 15 is 0 Å². The Labute approximate surface area is 176 Å². The number of hydrogen-bond acceptors (Lipinski definition) is 6. The van der Waals surface area contributed by atoms with Crippen molar-refractivity contribution in [3.63, 3.8) is 0 Å². The van der Waals surface area contributed by atoms with E-state index in [1.165, 1.54) is 4.90 Å². The van der Waals surface area contributed by atoms with Crippen LogP contribution in [0.4, 0.5) is 5.69 Å². The highest BCUT2D eigenvalue weighted by Crippen LogP contribution is 2.29. The fourth-order valence-electron chi connectivity index (χ4n) is 4.04. The molecule has 0 radical (unpaired) electrons. The zero-order valence-electron chi connectivity index (χ0n) is 16.2. The molecule has 2 aromatic carbocycles. The number of likely N-dealkylation sites (tertiary alicyclic amines) is 1. The summed E-state index contributed by atoms with van der Waals surface area (Å²) in [6.07, 6.45) is 2.43. The number of morpholine rings is 1. The number of nitrogens with one attached hydrogen (secondary N) is 1. The van der Waals surface area contributed by atoms with Crippen LogP contribution in [0.2, 0.25) is 0 Å². The number of anilines is 1. The standard InChI is InChI=1S/C21H27N3O3S2/c22-29(25,26)21-9-5-4-8-20(21)23-16(15-28-19-6-2-1-3-7-19)10-11-24-13-18-12-17(24)14-27-18/h1-9,16-18,23H,10-15H2,(H2,22,25,26)/t16-,17-,18-/m1/s1. The van der Waals surface area contributed by atoms with E-state index in [-0.39, 0.29) is 10.9 Å². The van der Waals surface area contributed by atoms with Gasteiger partial charge in [0.15, 0.2) is 0 Å². The molecule has 2 heterocycles. The minimum Gasteiger partial charge on any atom is -0.380 e. The number of nitrogens with two attached hydrogens (primary N) is 1. The lowest BCUT2D eigenvalue weighted by Crippen LogP contribution is -2.39. The van der Waals surface area contributed by atoms with Crippen LogP contribution >= 0.6 is 11.8 Å². The van der Waals surface area contributed by atoms with Gasteiger partial charge in [-0.05, 0) is 37.1 Å². The largest absolute Gasteiger partial charge is 0.380 e.